The summed E-state index contributed by atoms with van der Waals surface area (Å²) in [7, 11) is 1.64. The minimum absolute atomic E-state index is 0.107. The van der Waals surface area contributed by atoms with E-state index in [0.29, 0.717) is 24.5 Å². The molecule has 188 valence electrons. The Morgan fingerprint density at radius 2 is 1.27 bits per heavy atom. The van der Waals surface area contributed by atoms with Gasteiger partial charge in [-0.25, -0.2) is 4.79 Å². The molecule has 1 saturated heterocycles. The number of piperazine rings is 1. The highest BCUT2D eigenvalue weighted by molar-refractivity contribution is 5.95. The average Bonchev–Trinajstić information content (AvgIpc) is 2.93. The van der Waals surface area contributed by atoms with E-state index in [1.54, 1.807) is 7.11 Å². The molecular formula is C32H33N3O2. The fourth-order valence-electron chi connectivity index (χ4n) is 5.05. The first kappa shape index (κ1) is 24.4. The zero-order chi connectivity index (χ0) is 25.8. The molecule has 0 atom stereocenters. The lowest BCUT2D eigenvalue weighted by Gasteiger charge is -2.36. The number of hydrogen-bond acceptors (Lipinski definition) is 3. The van der Waals surface area contributed by atoms with Crippen LogP contribution in [0.15, 0.2) is 91.0 Å². The van der Waals surface area contributed by atoms with Crippen molar-refractivity contribution < 1.29 is 9.53 Å². The summed E-state index contributed by atoms with van der Waals surface area (Å²) in [5.74, 6) is 0.640. The maximum atomic E-state index is 13.3. The Balaban J connectivity index is 1.38. The van der Waals surface area contributed by atoms with E-state index in [-0.39, 0.29) is 6.03 Å². The average molecular weight is 492 g/mol. The number of amides is 2. The van der Waals surface area contributed by atoms with E-state index in [0.717, 1.165) is 35.3 Å². The molecule has 0 aromatic heterocycles. The van der Waals surface area contributed by atoms with Crippen LogP contribution in [0, 0.1) is 13.8 Å². The molecule has 1 N–H and O–H groups in total. The number of urea groups is 1. The van der Waals surface area contributed by atoms with E-state index in [1.165, 1.54) is 16.8 Å². The van der Waals surface area contributed by atoms with Crippen LogP contribution in [0.5, 0.6) is 5.75 Å². The van der Waals surface area contributed by atoms with Gasteiger partial charge < -0.3 is 19.9 Å². The number of nitrogens with one attached hydrogen (secondary N) is 1. The number of ether oxygens (including phenoxy) is 1. The minimum atomic E-state index is -0.107. The molecule has 5 nitrogen and oxygen atoms in total. The van der Waals surface area contributed by atoms with Crippen LogP contribution in [0.3, 0.4) is 0 Å². The molecule has 4 aromatic carbocycles. The Morgan fingerprint density at radius 3 is 1.81 bits per heavy atom. The van der Waals surface area contributed by atoms with Crippen LogP contribution in [0.25, 0.3) is 22.3 Å². The molecule has 0 spiro atoms. The third-order valence-corrected chi connectivity index (χ3v) is 6.89. The predicted octanol–water partition coefficient (Wildman–Crippen LogP) is 7.00. The van der Waals surface area contributed by atoms with E-state index >= 15 is 0 Å². The summed E-state index contributed by atoms with van der Waals surface area (Å²) in [6.45, 7) is 7.18. The van der Waals surface area contributed by atoms with Crippen LogP contribution in [0.1, 0.15) is 11.1 Å². The number of methoxy groups -OCH3 is 1. The summed E-state index contributed by atoms with van der Waals surface area (Å²) >= 11 is 0. The first-order valence-electron chi connectivity index (χ1n) is 12.7. The highest BCUT2D eigenvalue weighted by Crippen LogP contribution is 2.40. The van der Waals surface area contributed by atoms with Crippen LogP contribution in [0.4, 0.5) is 16.2 Å². The number of carbonyl (C=O) groups excluding carboxylic acids is 1. The molecule has 0 radical (unpaired) electrons. The molecule has 5 heteroatoms. The summed E-state index contributed by atoms with van der Waals surface area (Å²) in [5, 5.41) is 3.14. The van der Waals surface area contributed by atoms with Gasteiger partial charge in [-0.05, 0) is 71.5 Å². The Hall–Kier alpha value is -4.25. The lowest BCUT2D eigenvalue weighted by atomic mass is 9.93. The molecule has 0 aliphatic carbocycles. The van der Waals surface area contributed by atoms with Crippen LogP contribution < -0.4 is 15.0 Å². The Bertz CT molecular complexity index is 1360. The molecule has 37 heavy (non-hydrogen) atoms. The van der Waals surface area contributed by atoms with E-state index in [9.17, 15) is 4.79 Å². The molecular weight excluding hydrogens is 458 g/mol. The maximum absolute atomic E-state index is 13.3. The molecule has 0 saturated carbocycles. The molecule has 1 fully saturated rings. The zero-order valence-corrected chi connectivity index (χ0v) is 21.7. The Labute approximate surface area is 219 Å². The molecule has 1 aliphatic heterocycles. The van der Waals surface area contributed by atoms with Gasteiger partial charge in [0.15, 0.2) is 0 Å². The van der Waals surface area contributed by atoms with Gasteiger partial charge in [-0.3, -0.25) is 0 Å². The third-order valence-electron chi connectivity index (χ3n) is 6.89. The minimum Gasteiger partial charge on any atom is -0.495 e. The Kier molecular flexibility index (Phi) is 7.13. The van der Waals surface area contributed by atoms with Crippen molar-refractivity contribution in [2.45, 2.75) is 13.8 Å². The molecule has 0 unspecified atom stereocenters. The normalized spacial score (nSPS) is 13.4. The third kappa shape index (κ3) is 5.46. The van der Waals surface area contributed by atoms with Gasteiger partial charge in [0, 0.05) is 31.9 Å². The molecule has 0 bridgehead atoms. The molecule has 2 amide bonds. The van der Waals surface area contributed by atoms with Crippen molar-refractivity contribution >= 4 is 17.4 Å². The summed E-state index contributed by atoms with van der Waals surface area (Å²) in [6, 6.07) is 31.1. The molecule has 5 rings (SSSR count). The maximum Gasteiger partial charge on any atom is 0.322 e. The van der Waals surface area contributed by atoms with Gasteiger partial charge in [0.25, 0.3) is 0 Å². The van der Waals surface area contributed by atoms with Crippen LogP contribution in [-0.4, -0.2) is 44.2 Å². The summed E-state index contributed by atoms with van der Waals surface area (Å²) in [6.07, 6.45) is 0. The quantitative estimate of drug-likeness (QED) is 0.327. The van der Waals surface area contributed by atoms with Gasteiger partial charge in [-0.2, -0.15) is 0 Å². The smallest absolute Gasteiger partial charge is 0.322 e. The van der Waals surface area contributed by atoms with Gasteiger partial charge in [0.05, 0.1) is 12.8 Å². The summed E-state index contributed by atoms with van der Waals surface area (Å²) < 4.78 is 5.74. The lowest BCUT2D eigenvalue weighted by molar-refractivity contribution is 0.208. The van der Waals surface area contributed by atoms with Crippen molar-refractivity contribution in [3.63, 3.8) is 0 Å². The van der Waals surface area contributed by atoms with Crippen molar-refractivity contribution in [1.29, 1.82) is 0 Å². The van der Waals surface area contributed by atoms with E-state index in [2.05, 4.69) is 66.5 Å². The first-order valence-corrected chi connectivity index (χ1v) is 12.7. The standard InChI is InChI=1S/C32H33N3O2/c1-23-18-24(2)20-27(19-23)34-14-16-35(17-15-34)32(36)33-30-21-28(25-10-6-4-7-11-25)29(22-31(30)37-3)26-12-8-5-9-13-26/h4-13,18-22H,14-17H2,1-3H3,(H,33,36). The number of aryl methyl sites for hydroxylation is 2. The number of hydrogen-bond donors (Lipinski definition) is 1. The van der Waals surface area contributed by atoms with Crippen molar-refractivity contribution in [1.82, 2.24) is 4.90 Å². The van der Waals surface area contributed by atoms with E-state index in [4.69, 9.17) is 4.74 Å². The van der Waals surface area contributed by atoms with E-state index in [1.807, 2.05) is 53.4 Å². The first-order chi connectivity index (χ1) is 18.0. The molecule has 1 aliphatic rings. The van der Waals surface area contributed by atoms with Crippen LogP contribution >= 0.6 is 0 Å². The monoisotopic (exact) mass is 491 g/mol. The molecule has 4 aromatic rings. The van der Waals surface area contributed by atoms with Crippen LogP contribution in [-0.2, 0) is 0 Å². The van der Waals surface area contributed by atoms with Gasteiger partial charge >= 0.3 is 6.03 Å². The number of nitrogens with zero attached hydrogens (tertiary/aromatic N) is 2. The zero-order valence-electron chi connectivity index (χ0n) is 21.7. The largest absolute Gasteiger partial charge is 0.495 e. The van der Waals surface area contributed by atoms with Crippen LogP contribution in [0.2, 0.25) is 0 Å². The van der Waals surface area contributed by atoms with Gasteiger partial charge in [0.2, 0.25) is 0 Å². The van der Waals surface area contributed by atoms with Gasteiger partial charge in [0.1, 0.15) is 5.75 Å². The van der Waals surface area contributed by atoms with Crippen molar-refractivity contribution in [2.24, 2.45) is 0 Å². The predicted molar refractivity (Wildman–Crippen MR) is 153 cm³/mol. The highest BCUT2D eigenvalue weighted by atomic mass is 16.5. The van der Waals surface area contributed by atoms with Gasteiger partial charge in [-0.15, -0.1) is 0 Å². The lowest BCUT2D eigenvalue weighted by Crippen LogP contribution is -2.50. The SMILES string of the molecule is COc1cc(-c2ccccc2)c(-c2ccccc2)cc1NC(=O)N1CCN(c2cc(C)cc(C)c2)CC1. The van der Waals surface area contributed by atoms with Crippen molar-refractivity contribution in [3.8, 4) is 28.0 Å². The highest BCUT2D eigenvalue weighted by Gasteiger charge is 2.23. The van der Waals surface area contributed by atoms with Crippen molar-refractivity contribution in [2.75, 3.05) is 43.5 Å². The van der Waals surface area contributed by atoms with Gasteiger partial charge in [-0.1, -0.05) is 66.7 Å². The summed E-state index contributed by atoms with van der Waals surface area (Å²) in [4.78, 5) is 17.6. The second-order valence-corrected chi connectivity index (χ2v) is 9.58. The second-order valence-electron chi connectivity index (χ2n) is 9.58. The molecule has 1 heterocycles. The van der Waals surface area contributed by atoms with Crippen molar-refractivity contribution in [3.05, 3.63) is 102 Å². The second kappa shape index (κ2) is 10.8. The number of anilines is 2. The van der Waals surface area contributed by atoms with E-state index < -0.39 is 0 Å². The Morgan fingerprint density at radius 1 is 0.730 bits per heavy atom. The number of rotatable bonds is 5. The fraction of sp³-hybridized carbons (Fsp3) is 0.219. The summed E-state index contributed by atoms with van der Waals surface area (Å²) in [5.41, 5.74) is 8.70. The number of carbonyl (C=O) groups is 1. The number of benzene rings is 4. The fourth-order valence-corrected chi connectivity index (χ4v) is 5.05. The topological polar surface area (TPSA) is 44.8 Å².